The van der Waals surface area contributed by atoms with E-state index in [9.17, 15) is 9.90 Å². The van der Waals surface area contributed by atoms with Crippen LogP contribution in [0.2, 0.25) is 0 Å². The number of nitrogens with one attached hydrogen (secondary N) is 1. The average molecular weight is 231 g/mol. The number of rotatable bonds is 3. The Morgan fingerprint density at radius 1 is 1.12 bits per heavy atom. The van der Waals surface area contributed by atoms with Gasteiger partial charge in [0.25, 0.3) is 0 Å². The Kier molecular flexibility index (Phi) is 3.75. The Morgan fingerprint density at radius 2 is 1.76 bits per heavy atom. The standard InChI is InChI=1S/C13H16N2O2/c16-13(17)10-6-8-12(9-7-10)15-14-11-4-2-1-3-5-11/h6-9,15H,1-5H2,(H,16,17)/p-1. The van der Waals surface area contributed by atoms with Gasteiger partial charge in [0.1, 0.15) is 0 Å². The van der Waals surface area contributed by atoms with Gasteiger partial charge in [-0.25, -0.2) is 0 Å². The van der Waals surface area contributed by atoms with E-state index in [1.165, 1.54) is 37.1 Å². The second kappa shape index (κ2) is 5.48. The first-order valence-electron chi connectivity index (χ1n) is 5.88. The van der Waals surface area contributed by atoms with Crippen LogP contribution in [0, 0.1) is 0 Å². The Labute approximate surface area is 100 Å². The lowest BCUT2D eigenvalue weighted by molar-refractivity contribution is -0.255. The summed E-state index contributed by atoms with van der Waals surface area (Å²) in [6.07, 6.45) is 5.84. The molecule has 2 rings (SSSR count). The van der Waals surface area contributed by atoms with Crippen LogP contribution in [0.25, 0.3) is 0 Å². The van der Waals surface area contributed by atoms with Gasteiger partial charge in [-0.15, -0.1) is 0 Å². The number of hydrogen-bond donors (Lipinski definition) is 1. The zero-order valence-corrected chi connectivity index (χ0v) is 9.61. The first kappa shape index (κ1) is 11.6. The van der Waals surface area contributed by atoms with Crippen molar-refractivity contribution in [1.82, 2.24) is 0 Å². The van der Waals surface area contributed by atoms with Crippen molar-refractivity contribution >= 4 is 17.4 Å². The van der Waals surface area contributed by atoms with E-state index >= 15 is 0 Å². The summed E-state index contributed by atoms with van der Waals surface area (Å²) in [5.74, 6) is -1.16. The lowest BCUT2D eigenvalue weighted by Gasteiger charge is -2.12. The van der Waals surface area contributed by atoms with Gasteiger partial charge >= 0.3 is 0 Å². The minimum Gasteiger partial charge on any atom is -0.545 e. The fraction of sp³-hybridized carbons (Fsp3) is 0.385. The van der Waals surface area contributed by atoms with Crippen molar-refractivity contribution in [2.24, 2.45) is 5.10 Å². The third-order valence-electron chi connectivity index (χ3n) is 2.89. The number of anilines is 1. The molecule has 0 aliphatic heterocycles. The molecule has 1 aromatic carbocycles. The first-order valence-corrected chi connectivity index (χ1v) is 5.88. The van der Waals surface area contributed by atoms with Gasteiger partial charge in [0.05, 0.1) is 11.7 Å². The second-order valence-electron chi connectivity index (χ2n) is 4.22. The fourth-order valence-electron chi connectivity index (χ4n) is 1.90. The van der Waals surface area contributed by atoms with Gasteiger partial charge in [-0.2, -0.15) is 5.10 Å². The predicted molar refractivity (Wildman–Crippen MR) is 64.9 cm³/mol. The smallest absolute Gasteiger partial charge is 0.0715 e. The Hall–Kier alpha value is -1.84. The molecule has 0 heterocycles. The molecule has 1 fully saturated rings. The first-order chi connectivity index (χ1) is 8.25. The van der Waals surface area contributed by atoms with Crippen molar-refractivity contribution in [3.63, 3.8) is 0 Å². The highest BCUT2D eigenvalue weighted by atomic mass is 16.4. The summed E-state index contributed by atoms with van der Waals surface area (Å²) >= 11 is 0. The quantitative estimate of drug-likeness (QED) is 0.806. The van der Waals surface area contributed by atoms with Gasteiger partial charge in [-0.05, 0) is 43.4 Å². The Bertz CT molecular complexity index is 416. The number of hydrogen-bond acceptors (Lipinski definition) is 4. The van der Waals surface area contributed by atoms with Crippen LogP contribution >= 0.6 is 0 Å². The average Bonchev–Trinajstić information content (AvgIpc) is 2.38. The zero-order valence-electron chi connectivity index (χ0n) is 9.61. The maximum absolute atomic E-state index is 10.6. The molecule has 4 nitrogen and oxygen atoms in total. The monoisotopic (exact) mass is 231 g/mol. The number of benzene rings is 1. The molecule has 0 amide bonds. The molecular weight excluding hydrogens is 216 g/mol. The molecule has 0 atom stereocenters. The van der Waals surface area contributed by atoms with Gasteiger partial charge in [0, 0.05) is 5.71 Å². The van der Waals surface area contributed by atoms with Crippen LogP contribution in [0.4, 0.5) is 5.69 Å². The molecule has 0 saturated heterocycles. The van der Waals surface area contributed by atoms with E-state index in [2.05, 4.69) is 10.5 Å². The molecule has 1 aromatic rings. The Morgan fingerprint density at radius 3 is 2.35 bits per heavy atom. The second-order valence-corrected chi connectivity index (χ2v) is 4.22. The highest BCUT2D eigenvalue weighted by Gasteiger charge is 2.06. The number of carboxylic acid groups (broad SMARTS) is 1. The topological polar surface area (TPSA) is 64.5 Å². The molecule has 1 saturated carbocycles. The summed E-state index contributed by atoms with van der Waals surface area (Å²) in [7, 11) is 0. The van der Waals surface area contributed by atoms with Crippen molar-refractivity contribution in [3.8, 4) is 0 Å². The van der Waals surface area contributed by atoms with Crippen molar-refractivity contribution in [3.05, 3.63) is 29.8 Å². The molecule has 0 radical (unpaired) electrons. The number of nitrogens with zero attached hydrogens (tertiary/aromatic N) is 1. The summed E-state index contributed by atoms with van der Waals surface area (Å²) in [6, 6.07) is 6.41. The lowest BCUT2D eigenvalue weighted by atomic mass is 9.99. The summed E-state index contributed by atoms with van der Waals surface area (Å²) in [5, 5.41) is 14.9. The molecule has 1 N–H and O–H groups in total. The largest absolute Gasteiger partial charge is 0.545 e. The van der Waals surface area contributed by atoms with Crippen LogP contribution in [0.5, 0.6) is 0 Å². The molecular formula is C13H15N2O2-. The maximum Gasteiger partial charge on any atom is 0.0715 e. The third-order valence-corrected chi connectivity index (χ3v) is 2.89. The molecule has 17 heavy (non-hydrogen) atoms. The van der Waals surface area contributed by atoms with Crippen LogP contribution in [-0.2, 0) is 0 Å². The molecule has 0 aromatic heterocycles. The fourth-order valence-corrected chi connectivity index (χ4v) is 1.90. The lowest BCUT2D eigenvalue weighted by Crippen LogP contribution is -2.21. The number of carboxylic acids is 1. The minimum absolute atomic E-state index is 0.181. The minimum atomic E-state index is -1.16. The number of carbonyl (C=O) groups is 1. The molecule has 0 bridgehead atoms. The molecule has 0 spiro atoms. The predicted octanol–water partition coefficient (Wildman–Crippen LogP) is 1.78. The van der Waals surface area contributed by atoms with E-state index in [0.29, 0.717) is 0 Å². The van der Waals surface area contributed by atoms with E-state index in [4.69, 9.17) is 0 Å². The van der Waals surface area contributed by atoms with Crippen LogP contribution in [0.15, 0.2) is 29.4 Å². The van der Waals surface area contributed by atoms with Crippen molar-refractivity contribution in [2.45, 2.75) is 32.1 Å². The van der Waals surface area contributed by atoms with E-state index < -0.39 is 5.97 Å². The van der Waals surface area contributed by atoms with Crippen LogP contribution in [0.1, 0.15) is 42.5 Å². The van der Waals surface area contributed by atoms with Crippen LogP contribution in [-0.4, -0.2) is 11.7 Å². The molecule has 1 aliphatic rings. The zero-order chi connectivity index (χ0) is 12.1. The van der Waals surface area contributed by atoms with Gasteiger partial charge in [0.2, 0.25) is 0 Å². The molecule has 4 heteroatoms. The SMILES string of the molecule is O=C([O-])c1ccc(NN=C2CCCCC2)cc1. The Balaban J connectivity index is 1.96. The van der Waals surface area contributed by atoms with Crippen molar-refractivity contribution in [1.29, 1.82) is 0 Å². The summed E-state index contributed by atoms with van der Waals surface area (Å²) in [6.45, 7) is 0. The van der Waals surface area contributed by atoms with Gasteiger partial charge < -0.3 is 9.90 Å². The number of carbonyl (C=O) groups excluding carboxylic acids is 1. The van der Waals surface area contributed by atoms with Crippen molar-refractivity contribution < 1.29 is 9.90 Å². The van der Waals surface area contributed by atoms with Crippen LogP contribution < -0.4 is 10.5 Å². The summed E-state index contributed by atoms with van der Waals surface area (Å²) in [4.78, 5) is 10.6. The maximum atomic E-state index is 10.6. The van der Waals surface area contributed by atoms with E-state index in [1.54, 1.807) is 12.1 Å². The molecule has 0 unspecified atom stereocenters. The third kappa shape index (κ3) is 3.31. The van der Waals surface area contributed by atoms with E-state index in [1.807, 2.05) is 0 Å². The van der Waals surface area contributed by atoms with E-state index in [0.717, 1.165) is 18.5 Å². The normalized spacial score (nSPS) is 15.4. The number of hydrazone groups is 1. The van der Waals surface area contributed by atoms with E-state index in [-0.39, 0.29) is 5.56 Å². The van der Waals surface area contributed by atoms with Crippen LogP contribution in [0.3, 0.4) is 0 Å². The van der Waals surface area contributed by atoms with Gasteiger partial charge in [0.15, 0.2) is 0 Å². The summed E-state index contributed by atoms with van der Waals surface area (Å²) in [5.41, 5.74) is 5.13. The summed E-state index contributed by atoms with van der Waals surface area (Å²) < 4.78 is 0. The van der Waals surface area contributed by atoms with Gasteiger partial charge in [-0.1, -0.05) is 18.6 Å². The highest BCUT2D eigenvalue weighted by Crippen LogP contribution is 2.15. The molecule has 90 valence electrons. The van der Waals surface area contributed by atoms with Crippen molar-refractivity contribution in [2.75, 3.05) is 5.43 Å². The number of aromatic carboxylic acids is 1. The van der Waals surface area contributed by atoms with Gasteiger partial charge in [-0.3, -0.25) is 5.43 Å². The highest BCUT2D eigenvalue weighted by molar-refractivity contribution is 5.87. The molecule has 1 aliphatic carbocycles.